The molecule has 0 aliphatic heterocycles. The molecule has 5 heteroatoms. The molecule has 0 aliphatic rings. The van der Waals surface area contributed by atoms with Crippen molar-refractivity contribution in [1.29, 1.82) is 0 Å². The number of nitrogens with zero attached hydrogens (tertiary/aromatic N) is 3. The van der Waals surface area contributed by atoms with Crippen LogP contribution in [0.1, 0.15) is 50.6 Å². The summed E-state index contributed by atoms with van der Waals surface area (Å²) in [6, 6.07) is 4.24. The van der Waals surface area contributed by atoms with Crippen molar-refractivity contribution in [2.75, 3.05) is 6.54 Å². The summed E-state index contributed by atoms with van der Waals surface area (Å²) < 4.78 is 7.43. The van der Waals surface area contributed by atoms with Crippen molar-refractivity contribution in [3.8, 4) is 0 Å². The third-order valence-electron chi connectivity index (χ3n) is 3.34. The second-order valence-electron chi connectivity index (χ2n) is 5.01. The van der Waals surface area contributed by atoms with Crippen LogP contribution in [0.15, 0.2) is 29.0 Å². The summed E-state index contributed by atoms with van der Waals surface area (Å²) >= 11 is 0. The maximum absolute atomic E-state index is 5.42. The second-order valence-corrected chi connectivity index (χ2v) is 5.01. The Morgan fingerprint density at radius 1 is 1.35 bits per heavy atom. The Morgan fingerprint density at radius 3 is 2.95 bits per heavy atom. The Labute approximate surface area is 120 Å². The van der Waals surface area contributed by atoms with Crippen molar-refractivity contribution >= 4 is 0 Å². The molecule has 0 aliphatic carbocycles. The van der Waals surface area contributed by atoms with E-state index < -0.39 is 0 Å². The van der Waals surface area contributed by atoms with Crippen LogP contribution in [0.25, 0.3) is 0 Å². The minimum Gasteiger partial charge on any atom is -0.469 e. The van der Waals surface area contributed by atoms with E-state index in [-0.39, 0.29) is 6.04 Å². The van der Waals surface area contributed by atoms with Gasteiger partial charge in [0.1, 0.15) is 5.76 Å². The summed E-state index contributed by atoms with van der Waals surface area (Å²) in [6.45, 7) is 6.25. The largest absolute Gasteiger partial charge is 0.469 e. The van der Waals surface area contributed by atoms with E-state index in [0.717, 1.165) is 44.5 Å². The van der Waals surface area contributed by atoms with Crippen molar-refractivity contribution in [2.24, 2.45) is 0 Å². The van der Waals surface area contributed by atoms with E-state index >= 15 is 0 Å². The van der Waals surface area contributed by atoms with E-state index in [1.54, 1.807) is 6.26 Å². The van der Waals surface area contributed by atoms with Gasteiger partial charge in [0, 0.05) is 13.0 Å². The van der Waals surface area contributed by atoms with Crippen molar-refractivity contribution in [2.45, 2.75) is 52.1 Å². The molecule has 0 saturated heterocycles. The zero-order valence-corrected chi connectivity index (χ0v) is 12.4. The number of hydrogen-bond acceptors (Lipinski definition) is 4. The molecule has 1 unspecified atom stereocenters. The van der Waals surface area contributed by atoms with Crippen molar-refractivity contribution < 1.29 is 4.42 Å². The fraction of sp³-hybridized carbons (Fsp3) is 0.600. The molecule has 2 aromatic rings. The van der Waals surface area contributed by atoms with Gasteiger partial charge in [-0.2, -0.15) is 0 Å². The van der Waals surface area contributed by atoms with Gasteiger partial charge < -0.3 is 9.73 Å². The van der Waals surface area contributed by atoms with Crippen molar-refractivity contribution in [3.63, 3.8) is 0 Å². The quantitative estimate of drug-likeness (QED) is 0.765. The fourth-order valence-electron chi connectivity index (χ4n) is 2.34. The molecule has 2 aromatic heterocycles. The minimum atomic E-state index is 0.279. The van der Waals surface area contributed by atoms with Gasteiger partial charge in [-0.15, -0.1) is 5.10 Å². The van der Waals surface area contributed by atoms with Gasteiger partial charge >= 0.3 is 0 Å². The molecular formula is C15H24N4O. The number of aromatic nitrogens is 3. The zero-order chi connectivity index (χ0) is 14.2. The fourth-order valence-corrected chi connectivity index (χ4v) is 2.34. The maximum Gasteiger partial charge on any atom is 0.103 e. The number of hydrogen-bond donors (Lipinski definition) is 1. The Kier molecular flexibility index (Phi) is 5.80. The first-order valence-corrected chi connectivity index (χ1v) is 7.49. The van der Waals surface area contributed by atoms with E-state index in [2.05, 4.69) is 29.5 Å². The van der Waals surface area contributed by atoms with Gasteiger partial charge in [0.15, 0.2) is 0 Å². The topological polar surface area (TPSA) is 55.9 Å². The summed E-state index contributed by atoms with van der Waals surface area (Å²) in [5, 5.41) is 11.8. The van der Waals surface area contributed by atoms with Crippen LogP contribution in [0, 0.1) is 0 Å². The lowest BCUT2D eigenvalue weighted by Crippen LogP contribution is -2.25. The Hall–Kier alpha value is -1.62. The van der Waals surface area contributed by atoms with Gasteiger partial charge in [0.25, 0.3) is 0 Å². The average molecular weight is 276 g/mol. The molecule has 0 bridgehead atoms. The van der Waals surface area contributed by atoms with Crippen LogP contribution < -0.4 is 5.32 Å². The van der Waals surface area contributed by atoms with E-state index in [9.17, 15) is 0 Å². The highest BCUT2D eigenvalue weighted by Gasteiger charge is 2.16. The average Bonchev–Trinajstić information content (AvgIpc) is 3.11. The number of furan rings is 1. The summed E-state index contributed by atoms with van der Waals surface area (Å²) in [6.07, 6.45) is 7.70. The molecule has 1 atom stereocenters. The smallest absolute Gasteiger partial charge is 0.103 e. The summed E-state index contributed by atoms with van der Waals surface area (Å²) in [7, 11) is 0. The molecule has 0 radical (unpaired) electrons. The Bertz CT molecular complexity index is 478. The first-order valence-electron chi connectivity index (χ1n) is 7.49. The maximum atomic E-state index is 5.42. The van der Waals surface area contributed by atoms with Crippen LogP contribution in [0.3, 0.4) is 0 Å². The van der Waals surface area contributed by atoms with Gasteiger partial charge in [-0.1, -0.05) is 19.1 Å². The lowest BCUT2D eigenvalue weighted by Gasteiger charge is -2.18. The van der Waals surface area contributed by atoms with Gasteiger partial charge in [-0.25, -0.2) is 4.68 Å². The predicted molar refractivity (Wildman–Crippen MR) is 78.4 cm³/mol. The first-order chi connectivity index (χ1) is 9.85. The highest BCUT2D eigenvalue weighted by molar-refractivity contribution is 5.05. The number of rotatable bonds is 9. The Balaban J connectivity index is 2.03. The highest BCUT2D eigenvalue weighted by Crippen LogP contribution is 2.19. The van der Waals surface area contributed by atoms with E-state index in [1.165, 1.54) is 5.69 Å². The molecule has 1 N–H and O–H groups in total. The number of aryl methyl sites for hydroxylation is 2. The van der Waals surface area contributed by atoms with Gasteiger partial charge in [-0.05, 0) is 37.9 Å². The standard InChI is InChI=1S/C15H24N4O/c1-3-9-16-14(8-7-13-6-5-11-20-13)15-12-17-18-19(15)10-4-2/h5-6,11-12,14,16H,3-4,7-10H2,1-2H3. The molecular weight excluding hydrogens is 252 g/mol. The van der Waals surface area contributed by atoms with Crippen LogP contribution in [-0.2, 0) is 13.0 Å². The molecule has 0 spiro atoms. The highest BCUT2D eigenvalue weighted by atomic mass is 16.3. The zero-order valence-electron chi connectivity index (χ0n) is 12.4. The van der Waals surface area contributed by atoms with Crippen LogP contribution >= 0.6 is 0 Å². The predicted octanol–water partition coefficient (Wildman–Crippen LogP) is 2.95. The van der Waals surface area contributed by atoms with Crippen molar-refractivity contribution in [3.05, 3.63) is 36.0 Å². The van der Waals surface area contributed by atoms with E-state index in [4.69, 9.17) is 4.42 Å². The van der Waals surface area contributed by atoms with Crippen LogP contribution in [0.5, 0.6) is 0 Å². The van der Waals surface area contributed by atoms with Gasteiger partial charge in [0.2, 0.25) is 0 Å². The third kappa shape index (κ3) is 3.93. The lowest BCUT2D eigenvalue weighted by molar-refractivity contribution is 0.424. The molecule has 2 rings (SSSR count). The summed E-state index contributed by atoms with van der Waals surface area (Å²) in [4.78, 5) is 0. The SMILES string of the molecule is CCCNC(CCc1ccco1)c1cnnn1CCC. The van der Waals surface area contributed by atoms with Gasteiger partial charge in [-0.3, -0.25) is 0 Å². The molecule has 110 valence electrons. The number of nitrogens with one attached hydrogen (secondary N) is 1. The van der Waals surface area contributed by atoms with Crippen LogP contribution in [0.4, 0.5) is 0 Å². The molecule has 0 amide bonds. The third-order valence-corrected chi connectivity index (χ3v) is 3.34. The lowest BCUT2D eigenvalue weighted by atomic mass is 10.1. The first kappa shape index (κ1) is 14.8. The molecule has 20 heavy (non-hydrogen) atoms. The monoisotopic (exact) mass is 276 g/mol. The Morgan fingerprint density at radius 2 is 2.25 bits per heavy atom. The van der Waals surface area contributed by atoms with Crippen LogP contribution in [0.2, 0.25) is 0 Å². The second kappa shape index (κ2) is 7.85. The van der Waals surface area contributed by atoms with Crippen LogP contribution in [-0.4, -0.2) is 21.5 Å². The molecule has 2 heterocycles. The summed E-state index contributed by atoms with van der Waals surface area (Å²) in [5.41, 5.74) is 1.17. The molecule has 5 nitrogen and oxygen atoms in total. The van der Waals surface area contributed by atoms with Crippen molar-refractivity contribution in [1.82, 2.24) is 20.3 Å². The molecule has 0 aromatic carbocycles. The minimum absolute atomic E-state index is 0.279. The van der Waals surface area contributed by atoms with E-state index in [1.807, 2.05) is 23.0 Å². The van der Waals surface area contributed by atoms with E-state index in [0.29, 0.717) is 0 Å². The summed E-state index contributed by atoms with van der Waals surface area (Å²) in [5.74, 6) is 1.03. The van der Waals surface area contributed by atoms with Gasteiger partial charge in [0.05, 0.1) is 24.2 Å². The molecule has 0 fully saturated rings. The molecule has 0 saturated carbocycles. The normalized spacial score (nSPS) is 12.7.